The number of halogens is 4. The zero-order valence-electron chi connectivity index (χ0n) is 17.9. The van der Waals surface area contributed by atoms with E-state index in [4.69, 9.17) is 9.47 Å². The highest BCUT2D eigenvalue weighted by Crippen LogP contribution is 2.39. The lowest BCUT2D eigenvalue weighted by Gasteiger charge is -2.25. The first-order chi connectivity index (χ1) is 15.6. The molecule has 1 aromatic heterocycles. The van der Waals surface area contributed by atoms with E-state index in [1.807, 2.05) is 0 Å². The molecule has 0 amide bonds. The monoisotopic (exact) mass is 471 g/mol. The highest BCUT2D eigenvalue weighted by atomic mass is 19.3. The fraction of sp³-hybridized carbons (Fsp3) is 0.429. The number of esters is 1. The number of nitrogens with one attached hydrogen (secondary N) is 1. The number of nitrogens with zero attached hydrogens (tertiary/aromatic N) is 2. The van der Waals surface area contributed by atoms with Crippen molar-refractivity contribution in [2.45, 2.75) is 38.3 Å². The Bertz CT molecular complexity index is 1050. The van der Waals surface area contributed by atoms with Crippen LogP contribution in [-0.4, -0.2) is 42.5 Å². The maximum Gasteiger partial charge on any atom is 0.357 e. The van der Waals surface area contributed by atoms with Crippen molar-refractivity contribution in [3.8, 4) is 0 Å². The molecule has 2 heterocycles. The molecule has 2 atom stereocenters. The summed E-state index contributed by atoms with van der Waals surface area (Å²) in [6.45, 7) is 3.08. The van der Waals surface area contributed by atoms with Crippen molar-refractivity contribution in [2.24, 2.45) is 0 Å². The van der Waals surface area contributed by atoms with Gasteiger partial charge in [-0.25, -0.2) is 32.3 Å². The van der Waals surface area contributed by atoms with Crippen LogP contribution in [0.2, 0.25) is 0 Å². The predicted octanol–water partition coefficient (Wildman–Crippen LogP) is 3.62. The Morgan fingerprint density at radius 2 is 1.91 bits per heavy atom. The second kappa shape index (κ2) is 9.79. The van der Waals surface area contributed by atoms with Gasteiger partial charge in [-0.15, -0.1) is 0 Å². The summed E-state index contributed by atoms with van der Waals surface area (Å²) in [5.41, 5.74) is -5.08. The second-order valence-corrected chi connectivity index (χ2v) is 7.19. The van der Waals surface area contributed by atoms with E-state index in [-0.39, 0.29) is 42.3 Å². The second-order valence-electron chi connectivity index (χ2n) is 7.19. The molecule has 1 unspecified atom stereocenters. The van der Waals surface area contributed by atoms with Crippen molar-refractivity contribution >= 4 is 18.1 Å². The average Bonchev–Trinajstić information content (AvgIpc) is 3.31. The largest absolute Gasteiger partial charge is 0.466 e. The van der Waals surface area contributed by atoms with Crippen molar-refractivity contribution in [2.75, 3.05) is 25.6 Å². The quantitative estimate of drug-likeness (QED) is 0.270. The average molecular weight is 471 g/mol. The summed E-state index contributed by atoms with van der Waals surface area (Å²) in [6, 6.07) is 2.59. The lowest BCUT2D eigenvalue weighted by Crippen LogP contribution is -2.37. The maximum absolute atomic E-state index is 15.6. The summed E-state index contributed by atoms with van der Waals surface area (Å²) in [5, 5.41) is 2.81. The van der Waals surface area contributed by atoms with Gasteiger partial charge in [-0.2, -0.15) is 0 Å². The predicted molar refractivity (Wildman–Crippen MR) is 106 cm³/mol. The van der Waals surface area contributed by atoms with Gasteiger partial charge in [0.2, 0.25) is 0 Å². The lowest BCUT2D eigenvalue weighted by atomic mass is 9.97. The van der Waals surface area contributed by atoms with Gasteiger partial charge in [-0.3, -0.25) is 4.79 Å². The van der Waals surface area contributed by atoms with E-state index in [1.54, 1.807) is 0 Å². The number of aromatic nitrogens is 2. The van der Waals surface area contributed by atoms with Gasteiger partial charge in [0.25, 0.3) is 6.43 Å². The molecule has 0 bridgehead atoms. The van der Waals surface area contributed by atoms with Crippen LogP contribution < -0.4 is 5.32 Å². The van der Waals surface area contributed by atoms with Gasteiger partial charge in [-0.05, 0) is 13.8 Å². The molecule has 0 spiro atoms. The number of alkyl halides is 3. The lowest BCUT2D eigenvalue weighted by molar-refractivity contribution is -0.157. The molecule has 1 aliphatic rings. The summed E-state index contributed by atoms with van der Waals surface area (Å²) < 4.78 is 71.8. The van der Waals surface area contributed by atoms with Crippen LogP contribution in [0.5, 0.6) is 0 Å². The van der Waals surface area contributed by atoms with Crippen LogP contribution in [-0.2, 0) is 29.5 Å². The highest BCUT2D eigenvalue weighted by molar-refractivity contribution is 5.98. The van der Waals surface area contributed by atoms with Crippen LogP contribution in [0, 0.1) is 12.7 Å². The van der Waals surface area contributed by atoms with Crippen LogP contribution in [0.4, 0.5) is 23.4 Å². The van der Waals surface area contributed by atoms with Gasteiger partial charge in [-0.1, -0.05) is 18.2 Å². The Kier molecular flexibility index (Phi) is 7.28. The van der Waals surface area contributed by atoms with Gasteiger partial charge in [0.15, 0.2) is 12.6 Å². The van der Waals surface area contributed by atoms with Crippen LogP contribution in [0.3, 0.4) is 0 Å². The Morgan fingerprint density at radius 1 is 1.27 bits per heavy atom. The van der Waals surface area contributed by atoms with Crippen LogP contribution in [0.25, 0.3) is 0 Å². The van der Waals surface area contributed by atoms with Crippen molar-refractivity contribution in [1.29, 1.82) is 0 Å². The van der Waals surface area contributed by atoms with Gasteiger partial charge < -0.3 is 19.5 Å². The van der Waals surface area contributed by atoms with Gasteiger partial charge >= 0.3 is 11.6 Å². The maximum atomic E-state index is 15.6. The van der Waals surface area contributed by atoms with Crippen molar-refractivity contribution < 1.29 is 41.4 Å². The fourth-order valence-corrected chi connectivity index (χ4v) is 3.42. The molecular formula is C21H21F4N3O5. The zero-order chi connectivity index (χ0) is 24.3. The third kappa shape index (κ3) is 4.67. The number of carbonyl (C=O) groups excluding carboxylic acids is 2. The molecule has 178 valence electrons. The molecule has 1 aromatic carbocycles. The number of carbonyl (C=O) groups is 2. The minimum atomic E-state index is -3.31. The summed E-state index contributed by atoms with van der Waals surface area (Å²) in [5.74, 6) is -2.82. The van der Waals surface area contributed by atoms with E-state index in [9.17, 15) is 22.8 Å². The standard InChI is InChI=1S/C21H21F4N3O5/c1-10(12-5-4-6-13(15(12)22)17(23)24)26-18-14(19-32-7-8-33-19)16(27-11(2)28-18)21(25,9-29)20(30)31-3/h4-6,9-10,17,19H,7-8H2,1-3H3,(H,26,27,28)/t10-,21?/m1/s1. The van der Waals surface area contributed by atoms with Crippen molar-refractivity contribution in [1.82, 2.24) is 9.97 Å². The van der Waals surface area contributed by atoms with Crippen molar-refractivity contribution in [3.63, 3.8) is 0 Å². The summed E-state index contributed by atoms with van der Waals surface area (Å²) in [7, 11) is 0.899. The molecule has 1 fully saturated rings. The summed E-state index contributed by atoms with van der Waals surface area (Å²) in [4.78, 5) is 31.9. The highest BCUT2D eigenvalue weighted by Gasteiger charge is 2.48. The molecular weight excluding hydrogens is 450 g/mol. The SMILES string of the molecule is COC(=O)C(F)(C=O)c1nc(C)nc(N[C@H](C)c2cccc(C(F)F)c2F)c1C1OCCO1. The van der Waals surface area contributed by atoms with E-state index in [0.29, 0.717) is 0 Å². The number of hydrogen-bond acceptors (Lipinski definition) is 8. The molecule has 0 radical (unpaired) electrons. The Morgan fingerprint density at radius 3 is 2.48 bits per heavy atom. The Balaban J connectivity index is 2.14. The molecule has 3 rings (SSSR count). The topological polar surface area (TPSA) is 99.6 Å². The first-order valence-corrected chi connectivity index (χ1v) is 9.82. The minimum absolute atomic E-state index is 0.0453. The van der Waals surface area contributed by atoms with Crippen LogP contribution in [0.1, 0.15) is 53.9 Å². The summed E-state index contributed by atoms with van der Waals surface area (Å²) >= 11 is 0. The number of anilines is 1. The first-order valence-electron chi connectivity index (χ1n) is 9.82. The van der Waals surface area contributed by atoms with Crippen molar-refractivity contribution in [3.05, 3.63) is 52.2 Å². The first kappa shape index (κ1) is 24.5. The van der Waals surface area contributed by atoms with Gasteiger partial charge in [0.05, 0.1) is 37.5 Å². The molecule has 1 N–H and O–H groups in total. The number of aryl methyl sites for hydroxylation is 1. The molecule has 33 heavy (non-hydrogen) atoms. The molecule has 0 aliphatic carbocycles. The number of methoxy groups -OCH3 is 1. The molecule has 2 aromatic rings. The van der Waals surface area contributed by atoms with E-state index in [0.717, 1.165) is 13.2 Å². The number of benzene rings is 1. The molecule has 1 aliphatic heterocycles. The molecule has 0 saturated carbocycles. The Hall–Kier alpha value is -3.12. The number of ether oxygens (including phenoxy) is 3. The fourth-order valence-electron chi connectivity index (χ4n) is 3.42. The number of hydrogen-bond donors (Lipinski definition) is 1. The van der Waals surface area contributed by atoms with Gasteiger partial charge in [0.1, 0.15) is 23.2 Å². The van der Waals surface area contributed by atoms with Crippen LogP contribution in [0.15, 0.2) is 18.2 Å². The smallest absolute Gasteiger partial charge is 0.357 e. The zero-order valence-corrected chi connectivity index (χ0v) is 17.9. The van der Waals surface area contributed by atoms with E-state index < -0.39 is 47.5 Å². The number of aldehydes is 1. The third-order valence-corrected chi connectivity index (χ3v) is 5.02. The van der Waals surface area contributed by atoms with E-state index in [1.165, 1.54) is 26.0 Å². The molecule has 1 saturated heterocycles. The molecule has 12 heteroatoms. The summed E-state index contributed by atoms with van der Waals surface area (Å²) in [6.07, 6.45) is -4.55. The third-order valence-electron chi connectivity index (χ3n) is 5.02. The van der Waals surface area contributed by atoms with Gasteiger partial charge in [0, 0.05) is 5.56 Å². The molecule has 8 nitrogen and oxygen atoms in total. The minimum Gasteiger partial charge on any atom is -0.466 e. The van der Waals surface area contributed by atoms with E-state index >= 15 is 4.39 Å². The van der Waals surface area contributed by atoms with E-state index in [2.05, 4.69) is 20.0 Å². The number of rotatable bonds is 8. The normalized spacial score (nSPS) is 17.0. The van der Waals surface area contributed by atoms with Crippen LogP contribution >= 0.6 is 0 Å². The Labute approximate surface area is 186 Å².